The van der Waals surface area contributed by atoms with Crippen molar-refractivity contribution in [2.45, 2.75) is 43.1 Å². The number of hydrogen-bond donors (Lipinski definition) is 1. The van der Waals surface area contributed by atoms with Gasteiger partial charge in [0.25, 0.3) is 5.56 Å². The first kappa shape index (κ1) is 22.1. The molecule has 152 valence electrons. The number of ether oxygens (including phenoxy) is 1. The third-order valence-electron chi connectivity index (χ3n) is 4.31. The predicted molar refractivity (Wildman–Crippen MR) is 108 cm³/mol. The highest BCUT2D eigenvalue weighted by molar-refractivity contribution is 7.93. The molecule has 1 unspecified atom stereocenters. The molecule has 2 rings (SSSR count). The Kier molecular flexibility index (Phi) is 6.34. The van der Waals surface area contributed by atoms with Crippen molar-refractivity contribution in [1.29, 1.82) is 0 Å². The van der Waals surface area contributed by atoms with Gasteiger partial charge in [0.1, 0.15) is 5.82 Å². The fourth-order valence-electron chi connectivity index (χ4n) is 2.76. The van der Waals surface area contributed by atoms with Crippen LogP contribution >= 0.6 is 12.6 Å². The quantitative estimate of drug-likeness (QED) is 0.575. The number of methoxy groups -OCH3 is 1. The van der Waals surface area contributed by atoms with E-state index in [9.17, 15) is 18.0 Å². The first-order valence-electron chi connectivity index (χ1n) is 8.47. The van der Waals surface area contributed by atoms with Gasteiger partial charge in [0.15, 0.2) is 9.84 Å². The second kappa shape index (κ2) is 8.04. The summed E-state index contributed by atoms with van der Waals surface area (Å²) in [5.41, 5.74) is 1.17. The number of aryl methyl sites for hydroxylation is 3. The number of carbonyl (C=O) groups excluding carboxylic acids is 1. The fourth-order valence-corrected chi connectivity index (χ4v) is 4.60. The highest BCUT2D eigenvalue weighted by Gasteiger charge is 2.40. The standard InChI is InChI=1S/C18H23N3O5S2/c1-9(2)28(24,25)16(18(23)26-6)14-15(27)13(19-11(4)20-14)12-7-10(3)17(22)21(5)8-12/h7-9,16,27H,1-6H3. The van der Waals surface area contributed by atoms with Gasteiger partial charge in [-0.05, 0) is 33.8 Å². The van der Waals surface area contributed by atoms with Crippen LogP contribution in [0.25, 0.3) is 11.3 Å². The Morgan fingerprint density at radius 1 is 1.25 bits per heavy atom. The molecule has 0 aromatic carbocycles. The van der Waals surface area contributed by atoms with Gasteiger partial charge in [-0.2, -0.15) is 0 Å². The first-order chi connectivity index (χ1) is 12.9. The minimum atomic E-state index is -3.93. The molecule has 0 N–H and O–H groups in total. The average Bonchev–Trinajstić information content (AvgIpc) is 2.61. The zero-order valence-electron chi connectivity index (χ0n) is 16.5. The van der Waals surface area contributed by atoms with Crippen molar-refractivity contribution in [2.24, 2.45) is 7.05 Å². The van der Waals surface area contributed by atoms with Gasteiger partial charge >= 0.3 is 5.97 Å². The van der Waals surface area contributed by atoms with E-state index in [-0.39, 0.29) is 22.0 Å². The largest absolute Gasteiger partial charge is 0.468 e. The Morgan fingerprint density at radius 2 is 1.86 bits per heavy atom. The van der Waals surface area contributed by atoms with Crippen molar-refractivity contribution < 1.29 is 17.9 Å². The van der Waals surface area contributed by atoms with E-state index in [4.69, 9.17) is 4.74 Å². The van der Waals surface area contributed by atoms with Crippen LogP contribution in [0.1, 0.15) is 36.2 Å². The highest BCUT2D eigenvalue weighted by Crippen LogP contribution is 2.35. The summed E-state index contributed by atoms with van der Waals surface area (Å²) in [6, 6.07) is 1.64. The van der Waals surface area contributed by atoms with Crippen LogP contribution in [-0.4, -0.2) is 41.3 Å². The van der Waals surface area contributed by atoms with Crippen LogP contribution in [-0.2, 0) is 26.4 Å². The smallest absolute Gasteiger partial charge is 0.330 e. The fraction of sp³-hybridized carbons (Fsp3) is 0.444. The number of carbonyl (C=O) groups is 1. The van der Waals surface area contributed by atoms with Crippen molar-refractivity contribution in [3.8, 4) is 11.3 Å². The molecule has 2 heterocycles. The van der Waals surface area contributed by atoms with E-state index in [2.05, 4.69) is 22.6 Å². The number of rotatable bonds is 5. The van der Waals surface area contributed by atoms with Gasteiger partial charge in [-0.15, -0.1) is 12.6 Å². The summed E-state index contributed by atoms with van der Waals surface area (Å²) in [5, 5.41) is -2.46. The maximum absolute atomic E-state index is 12.9. The maximum atomic E-state index is 12.9. The molecule has 10 heteroatoms. The van der Waals surface area contributed by atoms with E-state index in [1.54, 1.807) is 33.2 Å². The van der Waals surface area contributed by atoms with Crippen LogP contribution in [0, 0.1) is 13.8 Å². The van der Waals surface area contributed by atoms with Gasteiger partial charge in [-0.25, -0.2) is 18.4 Å². The van der Waals surface area contributed by atoms with Crippen LogP contribution in [0.15, 0.2) is 22.0 Å². The van der Waals surface area contributed by atoms with Crippen LogP contribution in [0.3, 0.4) is 0 Å². The monoisotopic (exact) mass is 425 g/mol. The Balaban J connectivity index is 2.84. The molecular formula is C18H23N3O5S2. The number of thiol groups is 1. The molecule has 2 aromatic heterocycles. The van der Waals surface area contributed by atoms with Crippen molar-refractivity contribution >= 4 is 28.4 Å². The van der Waals surface area contributed by atoms with E-state index in [1.807, 2.05) is 0 Å². The molecule has 0 spiro atoms. The second-order valence-corrected chi connectivity index (χ2v) is 9.76. The van der Waals surface area contributed by atoms with E-state index in [0.29, 0.717) is 16.8 Å². The van der Waals surface area contributed by atoms with Gasteiger partial charge < -0.3 is 9.30 Å². The summed E-state index contributed by atoms with van der Waals surface area (Å²) in [4.78, 5) is 33.1. The lowest BCUT2D eigenvalue weighted by atomic mass is 10.1. The molecule has 28 heavy (non-hydrogen) atoms. The lowest BCUT2D eigenvalue weighted by Crippen LogP contribution is -2.30. The summed E-state index contributed by atoms with van der Waals surface area (Å²) >= 11 is 4.45. The van der Waals surface area contributed by atoms with E-state index >= 15 is 0 Å². The van der Waals surface area contributed by atoms with Crippen LogP contribution in [0.2, 0.25) is 0 Å². The molecule has 0 aliphatic heterocycles. The minimum Gasteiger partial charge on any atom is -0.468 e. The zero-order valence-corrected chi connectivity index (χ0v) is 18.3. The van der Waals surface area contributed by atoms with Gasteiger partial charge in [-0.3, -0.25) is 9.59 Å². The van der Waals surface area contributed by atoms with Gasteiger partial charge in [0.05, 0.1) is 28.6 Å². The van der Waals surface area contributed by atoms with Crippen molar-refractivity contribution in [3.05, 3.63) is 39.7 Å². The topological polar surface area (TPSA) is 108 Å². The van der Waals surface area contributed by atoms with Crippen molar-refractivity contribution in [3.63, 3.8) is 0 Å². The second-order valence-electron chi connectivity index (χ2n) is 6.72. The van der Waals surface area contributed by atoms with E-state index in [1.165, 1.54) is 18.4 Å². The van der Waals surface area contributed by atoms with Gasteiger partial charge in [0.2, 0.25) is 5.25 Å². The summed E-state index contributed by atoms with van der Waals surface area (Å²) < 4.78 is 31.9. The molecule has 0 saturated carbocycles. The average molecular weight is 426 g/mol. The van der Waals surface area contributed by atoms with Crippen LogP contribution in [0.5, 0.6) is 0 Å². The Morgan fingerprint density at radius 3 is 2.36 bits per heavy atom. The number of pyridine rings is 1. The molecule has 2 aromatic rings. The third kappa shape index (κ3) is 3.97. The summed E-state index contributed by atoms with van der Waals surface area (Å²) in [6.07, 6.45) is 1.57. The highest BCUT2D eigenvalue weighted by atomic mass is 32.2. The molecule has 8 nitrogen and oxygen atoms in total. The molecule has 0 fully saturated rings. The minimum absolute atomic E-state index is 0.0436. The summed E-state index contributed by atoms with van der Waals surface area (Å²) in [5.74, 6) is -0.674. The molecule has 0 amide bonds. The van der Waals surface area contributed by atoms with Gasteiger partial charge in [0, 0.05) is 24.4 Å². The predicted octanol–water partition coefficient (Wildman–Crippen LogP) is 1.79. The van der Waals surface area contributed by atoms with Crippen LogP contribution < -0.4 is 5.56 Å². The van der Waals surface area contributed by atoms with Crippen molar-refractivity contribution in [1.82, 2.24) is 14.5 Å². The molecule has 0 bridgehead atoms. The van der Waals surface area contributed by atoms with E-state index in [0.717, 1.165) is 7.11 Å². The molecule has 0 aliphatic rings. The lowest BCUT2D eigenvalue weighted by molar-refractivity contribution is -0.140. The molecule has 0 saturated heterocycles. The third-order valence-corrected chi connectivity index (χ3v) is 7.14. The SMILES string of the molecule is COC(=O)C(c1nc(C)nc(-c2cc(C)c(=O)n(C)c2)c1S)S(=O)(=O)C(C)C. The Labute approximate surface area is 169 Å². The van der Waals surface area contributed by atoms with Gasteiger partial charge in [-0.1, -0.05) is 0 Å². The summed E-state index contributed by atoms with van der Waals surface area (Å²) in [7, 11) is -1.21. The zero-order chi connectivity index (χ0) is 21.4. The number of aromatic nitrogens is 3. The number of hydrogen-bond acceptors (Lipinski definition) is 8. The van der Waals surface area contributed by atoms with Crippen LogP contribution in [0.4, 0.5) is 0 Å². The summed E-state index contributed by atoms with van der Waals surface area (Å²) in [6.45, 7) is 6.22. The normalized spacial score (nSPS) is 12.9. The molecule has 1 atom stereocenters. The van der Waals surface area contributed by atoms with Crippen molar-refractivity contribution in [2.75, 3.05) is 7.11 Å². The maximum Gasteiger partial charge on any atom is 0.330 e. The first-order valence-corrected chi connectivity index (χ1v) is 10.5. The Hall–Kier alpha value is -2.20. The lowest BCUT2D eigenvalue weighted by Gasteiger charge is -2.20. The van der Waals surface area contributed by atoms with E-state index < -0.39 is 26.3 Å². The number of sulfone groups is 1. The molecule has 0 radical (unpaired) electrons. The Bertz CT molecular complexity index is 1060. The number of esters is 1. The molecular weight excluding hydrogens is 402 g/mol. The number of nitrogens with zero attached hydrogens (tertiary/aromatic N) is 3. The molecule has 0 aliphatic carbocycles.